The highest BCUT2D eigenvalue weighted by Gasteiger charge is 2.24. The smallest absolute Gasteiger partial charge is 0.227 e. The summed E-state index contributed by atoms with van der Waals surface area (Å²) in [5, 5.41) is 2.87. The molecule has 1 aliphatic rings. The summed E-state index contributed by atoms with van der Waals surface area (Å²) in [4.78, 5) is 11.7. The molecule has 0 heterocycles. The summed E-state index contributed by atoms with van der Waals surface area (Å²) >= 11 is 0. The molecular weight excluding hydrogens is 192 g/mol. The quantitative estimate of drug-likeness (QED) is 0.664. The third kappa shape index (κ3) is 3.64. The van der Waals surface area contributed by atoms with Gasteiger partial charge in [0.15, 0.2) is 0 Å². The fourth-order valence-electron chi connectivity index (χ4n) is 1.42. The van der Waals surface area contributed by atoms with Crippen molar-refractivity contribution in [2.45, 2.75) is 31.9 Å². The zero-order valence-electron chi connectivity index (χ0n) is 9.62. The zero-order chi connectivity index (χ0) is 11.5. The lowest BCUT2D eigenvalue weighted by Crippen LogP contribution is -2.41. The van der Waals surface area contributed by atoms with Crippen LogP contribution in [-0.4, -0.2) is 31.2 Å². The largest absolute Gasteiger partial charge is 0.377 e. The van der Waals surface area contributed by atoms with Gasteiger partial charge in [-0.3, -0.25) is 4.79 Å². The highest BCUT2D eigenvalue weighted by molar-refractivity contribution is 5.81. The molecule has 0 saturated heterocycles. The summed E-state index contributed by atoms with van der Waals surface area (Å²) in [7, 11) is 1.64. The normalized spacial score (nSPS) is 25.6. The van der Waals surface area contributed by atoms with Crippen LogP contribution in [0.25, 0.3) is 0 Å². The van der Waals surface area contributed by atoms with E-state index in [1.165, 1.54) is 0 Å². The third-order valence-corrected chi connectivity index (χ3v) is 2.69. The molecule has 1 amide bonds. The molecule has 86 valence electrons. The Morgan fingerprint density at radius 1 is 1.60 bits per heavy atom. The van der Waals surface area contributed by atoms with Gasteiger partial charge in [0.05, 0.1) is 11.5 Å². The standard InChI is InChI=1S/C11H20N2O2/c1-11(2,15-3)7-13-10(14)8-4-5-9(12)6-8/h4-5,8-9H,6-7,12H2,1-3H3,(H,13,14). The molecule has 0 aromatic heterocycles. The molecule has 2 unspecified atom stereocenters. The van der Waals surface area contributed by atoms with Crippen LogP contribution >= 0.6 is 0 Å². The lowest BCUT2D eigenvalue weighted by atomic mass is 10.1. The number of rotatable bonds is 4. The monoisotopic (exact) mass is 212 g/mol. The average molecular weight is 212 g/mol. The van der Waals surface area contributed by atoms with Crippen LogP contribution in [0.4, 0.5) is 0 Å². The van der Waals surface area contributed by atoms with Gasteiger partial charge in [-0.25, -0.2) is 0 Å². The van der Waals surface area contributed by atoms with Gasteiger partial charge in [-0.05, 0) is 20.3 Å². The van der Waals surface area contributed by atoms with Crippen molar-refractivity contribution in [2.75, 3.05) is 13.7 Å². The number of nitrogens with one attached hydrogen (secondary N) is 1. The molecule has 0 radical (unpaired) electrons. The van der Waals surface area contributed by atoms with Crippen molar-refractivity contribution in [3.63, 3.8) is 0 Å². The van der Waals surface area contributed by atoms with Crippen molar-refractivity contribution >= 4 is 5.91 Å². The van der Waals surface area contributed by atoms with Gasteiger partial charge in [0.2, 0.25) is 5.91 Å². The summed E-state index contributed by atoms with van der Waals surface area (Å²) in [6, 6.07) is 0.0242. The van der Waals surface area contributed by atoms with E-state index < -0.39 is 0 Å². The molecule has 0 saturated carbocycles. The number of hydrogen-bond acceptors (Lipinski definition) is 3. The molecule has 0 bridgehead atoms. The fourth-order valence-corrected chi connectivity index (χ4v) is 1.42. The second-order valence-electron chi connectivity index (χ2n) is 4.57. The van der Waals surface area contributed by atoms with Gasteiger partial charge >= 0.3 is 0 Å². The summed E-state index contributed by atoms with van der Waals surface area (Å²) in [5.41, 5.74) is 5.36. The van der Waals surface area contributed by atoms with E-state index in [-0.39, 0.29) is 23.5 Å². The second kappa shape index (κ2) is 4.77. The predicted molar refractivity (Wildman–Crippen MR) is 59.3 cm³/mol. The van der Waals surface area contributed by atoms with Gasteiger partial charge in [-0.15, -0.1) is 0 Å². The van der Waals surface area contributed by atoms with E-state index in [9.17, 15) is 4.79 Å². The van der Waals surface area contributed by atoms with Crippen LogP contribution in [0.1, 0.15) is 20.3 Å². The SMILES string of the molecule is COC(C)(C)CNC(=O)C1C=CC(N)C1. The first-order chi connectivity index (χ1) is 6.94. The number of carbonyl (C=O) groups excluding carboxylic acids is 1. The number of hydrogen-bond donors (Lipinski definition) is 2. The Kier molecular flexibility index (Phi) is 3.88. The number of methoxy groups -OCH3 is 1. The molecular formula is C11H20N2O2. The Hall–Kier alpha value is -0.870. The van der Waals surface area contributed by atoms with Gasteiger partial charge in [-0.1, -0.05) is 12.2 Å². The Labute approximate surface area is 90.9 Å². The molecule has 3 N–H and O–H groups in total. The fraction of sp³-hybridized carbons (Fsp3) is 0.727. The Bertz CT molecular complexity index is 261. The van der Waals surface area contributed by atoms with Crippen LogP contribution in [0.5, 0.6) is 0 Å². The molecule has 15 heavy (non-hydrogen) atoms. The van der Waals surface area contributed by atoms with Crippen molar-refractivity contribution in [3.8, 4) is 0 Å². The minimum Gasteiger partial charge on any atom is -0.377 e. The summed E-state index contributed by atoms with van der Waals surface area (Å²) in [6.45, 7) is 4.38. The van der Waals surface area contributed by atoms with Crippen molar-refractivity contribution in [2.24, 2.45) is 11.7 Å². The van der Waals surface area contributed by atoms with Crippen LogP contribution in [0.2, 0.25) is 0 Å². The Balaban J connectivity index is 2.34. The van der Waals surface area contributed by atoms with Crippen molar-refractivity contribution < 1.29 is 9.53 Å². The van der Waals surface area contributed by atoms with Crippen LogP contribution in [0.3, 0.4) is 0 Å². The molecule has 2 atom stereocenters. The number of carbonyl (C=O) groups is 1. The highest BCUT2D eigenvalue weighted by Crippen LogP contribution is 2.16. The van der Waals surface area contributed by atoms with E-state index in [0.717, 1.165) is 0 Å². The zero-order valence-corrected chi connectivity index (χ0v) is 9.62. The van der Waals surface area contributed by atoms with Gasteiger partial charge in [-0.2, -0.15) is 0 Å². The minimum absolute atomic E-state index is 0.0242. The maximum absolute atomic E-state index is 11.7. The lowest BCUT2D eigenvalue weighted by Gasteiger charge is -2.23. The van der Waals surface area contributed by atoms with Crippen molar-refractivity contribution in [1.82, 2.24) is 5.32 Å². The van der Waals surface area contributed by atoms with E-state index in [4.69, 9.17) is 10.5 Å². The highest BCUT2D eigenvalue weighted by atomic mass is 16.5. The van der Waals surface area contributed by atoms with Gasteiger partial charge in [0.25, 0.3) is 0 Å². The molecule has 0 aliphatic heterocycles. The molecule has 1 rings (SSSR count). The van der Waals surface area contributed by atoms with Crippen LogP contribution in [-0.2, 0) is 9.53 Å². The van der Waals surface area contributed by atoms with E-state index >= 15 is 0 Å². The van der Waals surface area contributed by atoms with Gasteiger partial charge in [0, 0.05) is 19.7 Å². The Morgan fingerprint density at radius 2 is 2.27 bits per heavy atom. The van der Waals surface area contributed by atoms with Gasteiger partial charge in [0.1, 0.15) is 0 Å². The third-order valence-electron chi connectivity index (χ3n) is 2.69. The molecule has 0 aromatic carbocycles. The van der Waals surface area contributed by atoms with Gasteiger partial charge < -0.3 is 15.8 Å². The first-order valence-corrected chi connectivity index (χ1v) is 5.21. The molecule has 0 fully saturated rings. The molecule has 0 spiro atoms. The predicted octanol–water partition coefficient (Wildman–Crippen LogP) is 0.431. The maximum atomic E-state index is 11.7. The van der Waals surface area contributed by atoms with Crippen molar-refractivity contribution in [3.05, 3.63) is 12.2 Å². The topological polar surface area (TPSA) is 64.3 Å². The first-order valence-electron chi connectivity index (χ1n) is 5.21. The van der Waals surface area contributed by atoms with Crippen LogP contribution in [0.15, 0.2) is 12.2 Å². The van der Waals surface area contributed by atoms with Crippen molar-refractivity contribution in [1.29, 1.82) is 0 Å². The van der Waals surface area contributed by atoms with E-state index in [1.807, 2.05) is 26.0 Å². The first kappa shape index (κ1) is 12.2. The molecule has 1 aliphatic carbocycles. The minimum atomic E-state index is -0.319. The maximum Gasteiger partial charge on any atom is 0.227 e. The summed E-state index contributed by atoms with van der Waals surface area (Å²) in [6.07, 6.45) is 4.46. The van der Waals surface area contributed by atoms with Crippen LogP contribution < -0.4 is 11.1 Å². The van der Waals surface area contributed by atoms with Crippen LogP contribution in [0, 0.1) is 5.92 Å². The Morgan fingerprint density at radius 3 is 2.73 bits per heavy atom. The molecule has 4 heteroatoms. The lowest BCUT2D eigenvalue weighted by molar-refractivity contribution is -0.124. The summed E-state index contributed by atoms with van der Waals surface area (Å²) < 4.78 is 5.21. The number of ether oxygens (including phenoxy) is 1. The number of amides is 1. The average Bonchev–Trinajstić information content (AvgIpc) is 2.61. The molecule has 4 nitrogen and oxygen atoms in total. The number of nitrogens with two attached hydrogens (primary N) is 1. The summed E-state index contributed by atoms with van der Waals surface area (Å²) in [5.74, 6) is -0.0445. The van der Waals surface area contributed by atoms with E-state index in [1.54, 1.807) is 7.11 Å². The second-order valence-corrected chi connectivity index (χ2v) is 4.57. The molecule has 0 aromatic rings. The van der Waals surface area contributed by atoms with E-state index in [0.29, 0.717) is 13.0 Å². The van der Waals surface area contributed by atoms with E-state index in [2.05, 4.69) is 5.32 Å².